The maximum absolute atomic E-state index is 4.22. The lowest BCUT2D eigenvalue weighted by Crippen LogP contribution is -2.13. The molecule has 0 radical (unpaired) electrons. The van der Waals surface area contributed by atoms with Crippen LogP contribution in [0.15, 0.2) is 43.0 Å². The van der Waals surface area contributed by atoms with Gasteiger partial charge in [0.2, 0.25) is 0 Å². The van der Waals surface area contributed by atoms with Gasteiger partial charge in [-0.3, -0.25) is 5.10 Å². The molecule has 5 nitrogen and oxygen atoms in total. The molecule has 2 heterocycles. The zero-order valence-electron chi connectivity index (χ0n) is 13.0. The zero-order chi connectivity index (χ0) is 15.4. The van der Waals surface area contributed by atoms with Crippen molar-refractivity contribution in [1.82, 2.24) is 25.1 Å². The Morgan fingerprint density at radius 3 is 2.50 bits per heavy atom. The first kappa shape index (κ1) is 14.5. The van der Waals surface area contributed by atoms with Crippen molar-refractivity contribution >= 4 is 0 Å². The van der Waals surface area contributed by atoms with E-state index in [4.69, 9.17) is 0 Å². The monoisotopic (exact) mass is 295 g/mol. The van der Waals surface area contributed by atoms with Gasteiger partial charge in [0.1, 0.15) is 0 Å². The van der Waals surface area contributed by atoms with E-state index in [1.165, 1.54) is 16.7 Å². The lowest BCUT2D eigenvalue weighted by atomic mass is 10.1. The number of aryl methyl sites for hydroxylation is 2. The fourth-order valence-electron chi connectivity index (χ4n) is 2.52. The summed E-state index contributed by atoms with van der Waals surface area (Å²) in [5.41, 5.74) is 6.04. The molecular weight excluding hydrogens is 274 g/mol. The molecule has 0 fully saturated rings. The first-order chi connectivity index (χ1) is 10.7. The Kier molecular flexibility index (Phi) is 4.34. The quantitative estimate of drug-likeness (QED) is 0.735. The van der Waals surface area contributed by atoms with E-state index < -0.39 is 0 Å². The van der Waals surface area contributed by atoms with Gasteiger partial charge in [-0.25, -0.2) is 4.98 Å². The second-order valence-corrected chi connectivity index (χ2v) is 5.57. The molecule has 0 aliphatic heterocycles. The fraction of sp³-hybridized carbons (Fsp3) is 0.294. The largest absolute Gasteiger partial charge is 0.333 e. The molecule has 0 saturated carbocycles. The van der Waals surface area contributed by atoms with Gasteiger partial charge in [0.25, 0.3) is 0 Å². The maximum atomic E-state index is 4.22. The summed E-state index contributed by atoms with van der Waals surface area (Å²) in [4.78, 5) is 4.06. The van der Waals surface area contributed by atoms with Gasteiger partial charge in [-0.1, -0.05) is 24.3 Å². The normalized spacial score (nSPS) is 11.0. The van der Waals surface area contributed by atoms with Crippen molar-refractivity contribution in [2.24, 2.45) is 0 Å². The summed E-state index contributed by atoms with van der Waals surface area (Å²) in [5.74, 6) is 0. The highest BCUT2D eigenvalue weighted by Crippen LogP contribution is 2.10. The Morgan fingerprint density at radius 1 is 1.09 bits per heavy atom. The average Bonchev–Trinajstić information content (AvgIpc) is 3.13. The Labute approximate surface area is 130 Å². The van der Waals surface area contributed by atoms with Crippen molar-refractivity contribution in [3.8, 4) is 0 Å². The minimum absolute atomic E-state index is 0.838. The highest BCUT2D eigenvalue weighted by atomic mass is 15.1. The number of nitrogens with one attached hydrogen (secondary N) is 2. The van der Waals surface area contributed by atoms with Crippen molar-refractivity contribution in [3.63, 3.8) is 0 Å². The second-order valence-electron chi connectivity index (χ2n) is 5.57. The van der Waals surface area contributed by atoms with Crippen LogP contribution in [0.5, 0.6) is 0 Å². The minimum Gasteiger partial charge on any atom is -0.333 e. The highest BCUT2D eigenvalue weighted by molar-refractivity contribution is 5.24. The molecule has 0 atom stereocenters. The van der Waals surface area contributed by atoms with E-state index in [0.717, 1.165) is 31.0 Å². The molecule has 22 heavy (non-hydrogen) atoms. The molecule has 0 amide bonds. The molecule has 2 aromatic heterocycles. The van der Waals surface area contributed by atoms with E-state index in [2.05, 4.69) is 56.3 Å². The molecule has 0 spiro atoms. The van der Waals surface area contributed by atoms with E-state index in [0.29, 0.717) is 0 Å². The molecule has 0 unspecified atom stereocenters. The van der Waals surface area contributed by atoms with Crippen LogP contribution in [0.4, 0.5) is 0 Å². The predicted molar refractivity (Wildman–Crippen MR) is 86.4 cm³/mol. The summed E-state index contributed by atoms with van der Waals surface area (Å²) < 4.78 is 2.07. The van der Waals surface area contributed by atoms with Crippen molar-refractivity contribution in [1.29, 1.82) is 0 Å². The van der Waals surface area contributed by atoms with Crippen LogP contribution in [0.1, 0.15) is 28.1 Å². The molecule has 114 valence electrons. The minimum atomic E-state index is 0.838. The fourth-order valence-corrected chi connectivity index (χ4v) is 2.52. The van der Waals surface area contributed by atoms with Gasteiger partial charge in [0, 0.05) is 43.3 Å². The Morgan fingerprint density at radius 2 is 1.86 bits per heavy atom. The summed E-state index contributed by atoms with van der Waals surface area (Å²) in [5, 5.41) is 10.7. The molecule has 3 aromatic rings. The van der Waals surface area contributed by atoms with E-state index in [1.807, 2.05) is 19.4 Å². The Bertz CT molecular complexity index is 691. The summed E-state index contributed by atoms with van der Waals surface area (Å²) in [6, 6.07) is 8.69. The molecule has 5 heteroatoms. The number of aromatic nitrogens is 4. The predicted octanol–water partition coefficient (Wildman–Crippen LogP) is 2.56. The molecule has 0 aliphatic rings. The van der Waals surface area contributed by atoms with Crippen LogP contribution in [0.2, 0.25) is 0 Å². The Hall–Kier alpha value is -2.40. The van der Waals surface area contributed by atoms with Crippen LogP contribution < -0.4 is 5.32 Å². The van der Waals surface area contributed by atoms with Crippen molar-refractivity contribution in [2.75, 3.05) is 0 Å². The zero-order valence-corrected chi connectivity index (χ0v) is 13.0. The summed E-state index contributed by atoms with van der Waals surface area (Å²) in [7, 11) is 0. The van der Waals surface area contributed by atoms with Gasteiger partial charge in [-0.05, 0) is 25.0 Å². The van der Waals surface area contributed by atoms with Crippen molar-refractivity contribution in [2.45, 2.75) is 33.5 Å². The van der Waals surface area contributed by atoms with Crippen LogP contribution in [0.25, 0.3) is 0 Å². The van der Waals surface area contributed by atoms with E-state index in [1.54, 1.807) is 6.20 Å². The summed E-state index contributed by atoms with van der Waals surface area (Å²) in [6.07, 6.45) is 5.62. The van der Waals surface area contributed by atoms with E-state index >= 15 is 0 Å². The number of benzene rings is 1. The van der Waals surface area contributed by atoms with Gasteiger partial charge >= 0.3 is 0 Å². The number of H-pyrrole nitrogens is 1. The third-order valence-electron chi connectivity index (χ3n) is 3.86. The molecule has 0 bridgehead atoms. The van der Waals surface area contributed by atoms with Gasteiger partial charge in [0.05, 0.1) is 12.0 Å². The number of hydrogen-bond donors (Lipinski definition) is 2. The van der Waals surface area contributed by atoms with Gasteiger partial charge in [0.15, 0.2) is 0 Å². The Balaban J connectivity index is 1.53. The number of imidazole rings is 1. The second kappa shape index (κ2) is 6.58. The summed E-state index contributed by atoms with van der Waals surface area (Å²) >= 11 is 0. The van der Waals surface area contributed by atoms with Crippen LogP contribution in [0.3, 0.4) is 0 Å². The summed E-state index contributed by atoms with van der Waals surface area (Å²) in [6.45, 7) is 6.65. The number of nitrogens with zero attached hydrogens (tertiary/aromatic N) is 3. The van der Waals surface area contributed by atoms with E-state index in [-0.39, 0.29) is 0 Å². The van der Waals surface area contributed by atoms with Crippen LogP contribution in [-0.4, -0.2) is 19.7 Å². The molecule has 0 saturated heterocycles. The van der Waals surface area contributed by atoms with Gasteiger partial charge < -0.3 is 9.88 Å². The molecule has 3 rings (SSSR count). The molecule has 1 aromatic carbocycles. The smallest absolute Gasteiger partial charge is 0.0949 e. The van der Waals surface area contributed by atoms with Crippen LogP contribution in [-0.2, 0) is 19.6 Å². The number of rotatable bonds is 6. The third kappa shape index (κ3) is 3.43. The lowest BCUT2D eigenvalue weighted by molar-refractivity contribution is 0.687. The molecular formula is C17H21N5. The molecule has 2 N–H and O–H groups in total. The standard InChI is InChI=1S/C17H21N5/c1-13-17(14(2)21-20-13)10-19-9-15-3-5-16(6-4-15)11-22-8-7-18-12-22/h3-8,12,19H,9-11H2,1-2H3,(H,20,21). The topological polar surface area (TPSA) is 58.5 Å². The van der Waals surface area contributed by atoms with Crippen molar-refractivity contribution in [3.05, 3.63) is 71.1 Å². The number of aromatic amines is 1. The SMILES string of the molecule is Cc1n[nH]c(C)c1CNCc1ccc(Cn2ccnc2)cc1. The highest BCUT2D eigenvalue weighted by Gasteiger charge is 2.05. The van der Waals surface area contributed by atoms with Crippen LogP contribution in [0, 0.1) is 13.8 Å². The maximum Gasteiger partial charge on any atom is 0.0949 e. The third-order valence-corrected chi connectivity index (χ3v) is 3.86. The number of hydrogen-bond acceptors (Lipinski definition) is 3. The van der Waals surface area contributed by atoms with Crippen LogP contribution >= 0.6 is 0 Å². The molecule has 0 aliphatic carbocycles. The average molecular weight is 295 g/mol. The van der Waals surface area contributed by atoms with Gasteiger partial charge in [-0.2, -0.15) is 5.10 Å². The first-order valence-corrected chi connectivity index (χ1v) is 7.47. The van der Waals surface area contributed by atoms with Gasteiger partial charge in [-0.15, -0.1) is 0 Å². The van der Waals surface area contributed by atoms with Crippen molar-refractivity contribution < 1.29 is 0 Å². The first-order valence-electron chi connectivity index (χ1n) is 7.47. The lowest BCUT2D eigenvalue weighted by Gasteiger charge is -2.07. The van der Waals surface area contributed by atoms with E-state index in [9.17, 15) is 0 Å².